The van der Waals surface area contributed by atoms with Crippen molar-refractivity contribution in [3.8, 4) is 0 Å². The standard InChI is InChI=1S/C16H28N2O2/c1-15-8-5-11-18(12-16(20)9-2-3-10-16)13(15)6-4-7-14(19)17-15/h13,20H,2-12H2,1H3,(H,17,19)/t13-,15-/m0/s1. The van der Waals surface area contributed by atoms with Gasteiger partial charge in [-0.1, -0.05) is 12.8 Å². The Morgan fingerprint density at radius 2 is 2.00 bits per heavy atom. The highest BCUT2D eigenvalue weighted by molar-refractivity contribution is 5.77. The molecule has 2 heterocycles. The van der Waals surface area contributed by atoms with Gasteiger partial charge < -0.3 is 10.4 Å². The molecule has 114 valence electrons. The summed E-state index contributed by atoms with van der Waals surface area (Å²) < 4.78 is 0. The van der Waals surface area contributed by atoms with Gasteiger partial charge in [0.2, 0.25) is 5.91 Å². The largest absolute Gasteiger partial charge is 0.389 e. The second kappa shape index (κ2) is 5.30. The van der Waals surface area contributed by atoms with Gasteiger partial charge >= 0.3 is 0 Å². The molecular formula is C16H28N2O2. The molecule has 3 aliphatic rings. The van der Waals surface area contributed by atoms with Gasteiger partial charge in [0.1, 0.15) is 0 Å². The first-order valence-electron chi connectivity index (χ1n) is 8.28. The van der Waals surface area contributed by atoms with Gasteiger partial charge in [-0.25, -0.2) is 0 Å². The Morgan fingerprint density at radius 3 is 2.75 bits per heavy atom. The molecule has 0 aromatic heterocycles. The lowest BCUT2D eigenvalue weighted by Gasteiger charge is -2.49. The van der Waals surface area contributed by atoms with Crippen molar-refractivity contribution in [3.05, 3.63) is 0 Å². The molecule has 1 amide bonds. The first-order chi connectivity index (χ1) is 9.51. The minimum absolute atomic E-state index is 0.0964. The van der Waals surface area contributed by atoms with Crippen LogP contribution in [-0.4, -0.2) is 46.2 Å². The zero-order valence-electron chi connectivity index (χ0n) is 12.7. The molecule has 2 saturated heterocycles. The quantitative estimate of drug-likeness (QED) is 0.811. The van der Waals surface area contributed by atoms with Crippen molar-refractivity contribution in [1.82, 2.24) is 10.2 Å². The number of carbonyl (C=O) groups is 1. The van der Waals surface area contributed by atoms with E-state index in [1.165, 1.54) is 0 Å². The number of hydrogen-bond donors (Lipinski definition) is 2. The second-order valence-corrected chi connectivity index (χ2v) is 7.38. The third kappa shape index (κ3) is 2.73. The van der Waals surface area contributed by atoms with Gasteiger partial charge in [-0.2, -0.15) is 0 Å². The van der Waals surface area contributed by atoms with E-state index in [4.69, 9.17) is 0 Å². The Kier molecular flexibility index (Phi) is 3.80. The first kappa shape index (κ1) is 14.3. The smallest absolute Gasteiger partial charge is 0.220 e. The van der Waals surface area contributed by atoms with Crippen LogP contribution in [0.1, 0.15) is 64.7 Å². The molecule has 2 N–H and O–H groups in total. The molecule has 4 nitrogen and oxygen atoms in total. The monoisotopic (exact) mass is 280 g/mol. The minimum Gasteiger partial charge on any atom is -0.389 e. The van der Waals surface area contributed by atoms with E-state index in [0.717, 1.165) is 64.5 Å². The van der Waals surface area contributed by atoms with Crippen LogP contribution in [0.15, 0.2) is 0 Å². The number of amides is 1. The molecule has 20 heavy (non-hydrogen) atoms. The van der Waals surface area contributed by atoms with Crippen molar-refractivity contribution in [3.63, 3.8) is 0 Å². The maximum atomic E-state index is 11.9. The zero-order chi connectivity index (χ0) is 14.2. The van der Waals surface area contributed by atoms with E-state index in [2.05, 4.69) is 17.1 Å². The molecule has 0 bridgehead atoms. The summed E-state index contributed by atoms with van der Waals surface area (Å²) in [6, 6.07) is 0.396. The molecule has 2 aliphatic heterocycles. The summed E-state index contributed by atoms with van der Waals surface area (Å²) in [4.78, 5) is 14.4. The predicted octanol–water partition coefficient (Wildman–Crippen LogP) is 1.81. The highest BCUT2D eigenvalue weighted by Crippen LogP contribution is 2.37. The highest BCUT2D eigenvalue weighted by atomic mass is 16.3. The summed E-state index contributed by atoms with van der Waals surface area (Å²) in [6.45, 7) is 4.06. The number of aliphatic hydroxyl groups is 1. The van der Waals surface area contributed by atoms with E-state index in [1.54, 1.807) is 0 Å². The predicted molar refractivity (Wildman–Crippen MR) is 78.4 cm³/mol. The fourth-order valence-corrected chi connectivity index (χ4v) is 4.62. The number of rotatable bonds is 2. The summed E-state index contributed by atoms with van der Waals surface area (Å²) in [6.07, 6.45) is 9.09. The molecule has 4 heteroatoms. The van der Waals surface area contributed by atoms with Crippen molar-refractivity contribution in [2.24, 2.45) is 0 Å². The SMILES string of the molecule is C[C@]12CCCN(CC3(O)CCCC3)[C@H]1CCCC(=O)N2. The number of carbonyl (C=O) groups excluding carboxylic acids is 1. The van der Waals surface area contributed by atoms with Gasteiger partial charge in [-0.3, -0.25) is 9.69 Å². The minimum atomic E-state index is -0.478. The lowest BCUT2D eigenvalue weighted by atomic mass is 9.80. The van der Waals surface area contributed by atoms with Crippen LogP contribution in [-0.2, 0) is 4.79 Å². The summed E-state index contributed by atoms with van der Waals surface area (Å²) >= 11 is 0. The van der Waals surface area contributed by atoms with Gasteiger partial charge in [0.05, 0.1) is 11.1 Å². The number of hydrogen-bond acceptors (Lipinski definition) is 3. The molecular weight excluding hydrogens is 252 g/mol. The van der Waals surface area contributed by atoms with E-state index < -0.39 is 5.60 Å². The molecule has 3 rings (SSSR count). The molecule has 1 aliphatic carbocycles. The number of likely N-dealkylation sites (tertiary alicyclic amines) is 1. The Hall–Kier alpha value is -0.610. The molecule has 0 aromatic rings. The van der Waals surface area contributed by atoms with E-state index in [0.29, 0.717) is 12.5 Å². The zero-order valence-corrected chi connectivity index (χ0v) is 12.7. The summed E-state index contributed by atoms with van der Waals surface area (Å²) in [5.41, 5.74) is -0.574. The summed E-state index contributed by atoms with van der Waals surface area (Å²) in [5, 5.41) is 14.0. The topological polar surface area (TPSA) is 52.6 Å². The van der Waals surface area contributed by atoms with E-state index in [9.17, 15) is 9.90 Å². The average Bonchev–Trinajstić information content (AvgIpc) is 2.71. The molecule has 0 spiro atoms. The third-order valence-corrected chi connectivity index (χ3v) is 5.66. The van der Waals surface area contributed by atoms with Crippen LogP contribution in [0.4, 0.5) is 0 Å². The maximum Gasteiger partial charge on any atom is 0.220 e. The Balaban J connectivity index is 1.75. The number of fused-ring (bicyclic) bond motifs is 1. The number of nitrogens with one attached hydrogen (secondary N) is 1. The Morgan fingerprint density at radius 1 is 1.25 bits per heavy atom. The fraction of sp³-hybridized carbons (Fsp3) is 0.938. The first-order valence-corrected chi connectivity index (χ1v) is 8.28. The van der Waals surface area contributed by atoms with Crippen LogP contribution in [0.3, 0.4) is 0 Å². The van der Waals surface area contributed by atoms with Gasteiger partial charge in [0, 0.05) is 19.0 Å². The van der Waals surface area contributed by atoms with Crippen LogP contribution in [0.2, 0.25) is 0 Å². The van der Waals surface area contributed by atoms with Crippen molar-refractivity contribution >= 4 is 5.91 Å². The number of nitrogens with zero attached hydrogens (tertiary/aromatic N) is 1. The van der Waals surface area contributed by atoms with Crippen LogP contribution in [0, 0.1) is 0 Å². The van der Waals surface area contributed by atoms with Crippen LogP contribution < -0.4 is 5.32 Å². The maximum absolute atomic E-state index is 11.9. The Bertz CT molecular complexity index is 379. The van der Waals surface area contributed by atoms with Gasteiger partial charge in [-0.15, -0.1) is 0 Å². The number of β-amino-alcohol motifs (C(OH)–C–C–N with tert-alkyl or cyclic N) is 1. The van der Waals surface area contributed by atoms with Crippen LogP contribution in [0.5, 0.6) is 0 Å². The lowest BCUT2D eigenvalue weighted by Crippen LogP contribution is -2.64. The van der Waals surface area contributed by atoms with Crippen LogP contribution in [0.25, 0.3) is 0 Å². The Labute approximate surface area is 121 Å². The second-order valence-electron chi connectivity index (χ2n) is 7.38. The third-order valence-electron chi connectivity index (χ3n) is 5.66. The molecule has 3 fully saturated rings. The van der Waals surface area contributed by atoms with Crippen molar-refractivity contribution < 1.29 is 9.90 Å². The molecule has 2 atom stereocenters. The van der Waals surface area contributed by atoms with Crippen LogP contribution >= 0.6 is 0 Å². The van der Waals surface area contributed by atoms with Gasteiger partial charge in [-0.05, 0) is 52.0 Å². The molecule has 0 radical (unpaired) electrons. The van der Waals surface area contributed by atoms with E-state index in [-0.39, 0.29) is 11.4 Å². The van der Waals surface area contributed by atoms with Crippen molar-refractivity contribution in [2.45, 2.75) is 81.9 Å². The van der Waals surface area contributed by atoms with Crippen molar-refractivity contribution in [2.75, 3.05) is 13.1 Å². The van der Waals surface area contributed by atoms with Gasteiger partial charge in [0.25, 0.3) is 0 Å². The van der Waals surface area contributed by atoms with Gasteiger partial charge in [0.15, 0.2) is 0 Å². The number of piperidine rings is 1. The highest BCUT2D eigenvalue weighted by Gasteiger charge is 2.45. The molecule has 0 unspecified atom stereocenters. The fourth-order valence-electron chi connectivity index (χ4n) is 4.62. The van der Waals surface area contributed by atoms with E-state index >= 15 is 0 Å². The van der Waals surface area contributed by atoms with E-state index in [1.807, 2.05) is 0 Å². The average molecular weight is 280 g/mol. The normalized spacial score (nSPS) is 38.1. The molecule has 0 aromatic carbocycles. The summed E-state index contributed by atoms with van der Waals surface area (Å²) in [5.74, 6) is 0.205. The summed E-state index contributed by atoms with van der Waals surface area (Å²) in [7, 11) is 0. The molecule has 1 saturated carbocycles. The lowest BCUT2D eigenvalue weighted by molar-refractivity contribution is -0.123. The van der Waals surface area contributed by atoms with Crippen molar-refractivity contribution in [1.29, 1.82) is 0 Å².